The molecule has 4 heteroatoms. The highest BCUT2D eigenvalue weighted by Crippen LogP contribution is 2.34. The fraction of sp³-hybridized carbons (Fsp3) is 0.769. The predicted molar refractivity (Wildman–Crippen MR) is 66.8 cm³/mol. The summed E-state index contributed by atoms with van der Waals surface area (Å²) in [7, 11) is 0. The van der Waals surface area contributed by atoms with Crippen LogP contribution >= 0.6 is 0 Å². The number of amides is 1. The van der Waals surface area contributed by atoms with E-state index in [-0.39, 0.29) is 18.1 Å². The summed E-state index contributed by atoms with van der Waals surface area (Å²) < 4.78 is 5.32. The van der Waals surface area contributed by atoms with Crippen molar-refractivity contribution < 1.29 is 14.6 Å². The van der Waals surface area contributed by atoms with Gasteiger partial charge in [-0.05, 0) is 33.6 Å². The number of ether oxygens (including phenoxy) is 1. The SMILES string of the molecule is C=CCC1(CO)CCN(C(=O)OC(C)(C)C)C1. The highest BCUT2D eigenvalue weighted by atomic mass is 16.6. The lowest BCUT2D eigenvalue weighted by Crippen LogP contribution is -2.37. The van der Waals surface area contributed by atoms with Crippen molar-refractivity contribution in [3.05, 3.63) is 12.7 Å². The average Bonchev–Trinajstić information content (AvgIpc) is 2.61. The Morgan fingerprint density at radius 3 is 2.71 bits per heavy atom. The summed E-state index contributed by atoms with van der Waals surface area (Å²) in [5, 5.41) is 9.45. The average molecular weight is 241 g/mol. The molecule has 1 fully saturated rings. The first-order valence-electron chi connectivity index (χ1n) is 6.02. The predicted octanol–water partition coefficient (Wildman–Crippen LogP) is 2.18. The molecular weight excluding hydrogens is 218 g/mol. The van der Waals surface area contributed by atoms with E-state index in [4.69, 9.17) is 4.74 Å². The first-order chi connectivity index (χ1) is 7.82. The molecule has 1 heterocycles. The van der Waals surface area contributed by atoms with Gasteiger partial charge in [0, 0.05) is 18.5 Å². The summed E-state index contributed by atoms with van der Waals surface area (Å²) in [5.41, 5.74) is -0.696. The van der Waals surface area contributed by atoms with Crippen LogP contribution in [0.2, 0.25) is 0 Å². The molecule has 0 saturated carbocycles. The Labute approximate surface area is 103 Å². The Kier molecular flexibility index (Phi) is 4.20. The van der Waals surface area contributed by atoms with Crippen LogP contribution in [0.1, 0.15) is 33.6 Å². The van der Waals surface area contributed by atoms with Crippen molar-refractivity contribution in [2.75, 3.05) is 19.7 Å². The van der Waals surface area contributed by atoms with Crippen LogP contribution in [0.3, 0.4) is 0 Å². The van der Waals surface area contributed by atoms with Gasteiger partial charge in [0.05, 0.1) is 6.61 Å². The largest absolute Gasteiger partial charge is 0.444 e. The minimum atomic E-state index is -0.472. The van der Waals surface area contributed by atoms with Gasteiger partial charge in [-0.1, -0.05) is 6.08 Å². The molecule has 0 radical (unpaired) electrons. The molecule has 4 nitrogen and oxygen atoms in total. The van der Waals surface area contributed by atoms with Crippen LogP contribution in [-0.2, 0) is 4.74 Å². The van der Waals surface area contributed by atoms with E-state index >= 15 is 0 Å². The maximum atomic E-state index is 11.9. The lowest BCUT2D eigenvalue weighted by molar-refractivity contribution is 0.0255. The zero-order chi connectivity index (χ0) is 13.1. The number of hydrogen-bond donors (Lipinski definition) is 1. The lowest BCUT2D eigenvalue weighted by atomic mass is 9.85. The second-order valence-electron chi connectivity index (χ2n) is 5.80. The monoisotopic (exact) mass is 241 g/mol. The molecule has 0 spiro atoms. The summed E-state index contributed by atoms with van der Waals surface area (Å²) in [6.45, 7) is 10.5. The number of likely N-dealkylation sites (tertiary alicyclic amines) is 1. The Balaban J connectivity index is 2.60. The molecule has 1 aliphatic rings. The van der Waals surface area contributed by atoms with Gasteiger partial charge in [0.1, 0.15) is 5.60 Å². The first-order valence-corrected chi connectivity index (χ1v) is 6.02. The number of carbonyl (C=O) groups is 1. The van der Waals surface area contributed by atoms with E-state index in [0.29, 0.717) is 13.1 Å². The fourth-order valence-corrected chi connectivity index (χ4v) is 2.08. The molecule has 1 rings (SSSR count). The van der Waals surface area contributed by atoms with Gasteiger partial charge in [-0.25, -0.2) is 4.79 Å². The minimum Gasteiger partial charge on any atom is -0.444 e. The van der Waals surface area contributed by atoms with E-state index in [1.165, 1.54) is 0 Å². The van der Waals surface area contributed by atoms with Gasteiger partial charge in [-0.3, -0.25) is 0 Å². The number of aliphatic hydroxyl groups excluding tert-OH is 1. The van der Waals surface area contributed by atoms with E-state index in [9.17, 15) is 9.90 Å². The number of carbonyl (C=O) groups excluding carboxylic acids is 1. The number of rotatable bonds is 3. The van der Waals surface area contributed by atoms with E-state index in [0.717, 1.165) is 12.8 Å². The van der Waals surface area contributed by atoms with E-state index in [2.05, 4.69) is 6.58 Å². The fourth-order valence-electron chi connectivity index (χ4n) is 2.08. The van der Waals surface area contributed by atoms with Crippen molar-refractivity contribution >= 4 is 6.09 Å². The van der Waals surface area contributed by atoms with Gasteiger partial charge in [-0.15, -0.1) is 6.58 Å². The smallest absolute Gasteiger partial charge is 0.410 e. The standard InChI is InChI=1S/C13H23NO3/c1-5-6-13(10-15)7-8-14(9-13)11(16)17-12(2,3)4/h5,15H,1,6-10H2,2-4H3. The molecule has 1 unspecified atom stereocenters. The summed E-state index contributed by atoms with van der Waals surface area (Å²) in [5.74, 6) is 0. The van der Waals surface area contributed by atoms with Crippen molar-refractivity contribution in [2.24, 2.45) is 5.41 Å². The lowest BCUT2D eigenvalue weighted by Gasteiger charge is -2.27. The molecule has 1 aliphatic heterocycles. The number of hydrogen-bond acceptors (Lipinski definition) is 3. The number of allylic oxidation sites excluding steroid dienone is 1. The molecule has 1 atom stereocenters. The third-order valence-electron chi connectivity index (χ3n) is 3.00. The minimum absolute atomic E-state index is 0.0817. The molecule has 1 amide bonds. The molecule has 98 valence electrons. The Hall–Kier alpha value is -1.03. The zero-order valence-corrected chi connectivity index (χ0v) is 11.0. The van der Waals surface area contributed by atoms with Crippen LogP contribution in [0.25, 0.3) is 0 Å². The van der Waals surface area contributed by atoms with Gasteiger partial charge in [-0.2, -0.15) is 0 Å². The summed E-state index contributed by atoms with van der Waals surface area (Å²) in [4.78, 5) is 13.5. The Morgan fingerprint density at radius 1 is 1.59 bits per heavy atom. The van der Waals surface area contributed by atoms with Crippen LogP contribution < -0.4 is 0 Å². The second kappa shape index (κ2) is 5.08. The summed E-state index contributed by atoms with van der Waals surface area (Å²) in [6, 6.07) is 0. The highest BCUT2D eigenvalue weighted by molar-refractivity contribution is 5.68. The number of nitrogens with zero attached hydrogens (tertiary/aromatic N) is 1. The van der Waals surface area contributed by atoms with Gasteiger partial charge in [0.25, 0.3) is 0 Å². The number of aliphatic hydroxyl groups is 1. The van der Waals surface area contributed by atoms with Crippen LogP contribution in [0, 0.1) is 5.41 Å². The van der Waals surface area contributed by atoms with Gasteiger partial charge >= 0.3 is 6.09 Å². The normalized spacial score (nSPS) is 24.8. The van der Waals surface area contributed by atoms with Crippen LogP contribution in [0.5, 0.6) is 0 Å². The molecule has 1 N–H and O–H groups in total. The van der Waals surface area contributed by atoms with E-state index < -0.39 is 5.60 Å². The Bertz CT molecular complexity index is 296. The van der Waals surface area contributed by atoms with Crippen molar-refractivity contribution in [1.82, 2.24) is 4.90 Å². The topological polar surface area (TPSA) is 49.8 Å². The summed E-state index contributed by atoms with van der Waals surface area (Å²) >= 11 is 0. The molecule has 0 aromatic rings. The zero-order valence-electron chi connectivity index (χ0n) is 11.0. The van der Waals surface area contributed by atoms with Crippen LogP contribution in [-0.4, -0.2) is 41.4 Å². The third kappa shape index (κ3) is 3.73. The van der Waals surface area contributed by atoms with Crippen molar-refractivity contribution in [3.63, 3.8) is 0 Å². The molecule has 0 aromatic heterocycles. The Morgan fingerprint density at radius 2 is 2.24 bits per heavy atom. The quantitative estimate of drug-likeness (QED) is 0.770. The van der Waals surface area contributed by atoms with E-state index in [1.54, 1.807) is 11.0 Å². The maximum Gasteiger partial charge on any atom is 0.410 e. The second-order valence-corrected chi connectivity index (χ2v) is 5.80. The highest BCUT2D eigenvalue weighted by Gasteiger charge is 2.39. The molecular formula is C13H23NO3. The molecule has 0 aliphatic carbocycles. The summed E-state index contributed by atoms with van der Waals surface area (Å²) in [6.07, 6.45) is 3.03. The van der Waals surface area contributed by atoms with Crippen LogP contribution in [0.15, 0.2) is 12.7 Å². The van der Waals surface area contributed by atoms with Gasteiger partial charge in [0.15, 0.2) is 0 Å². The molecule has 0 aromatic carbocycles. The molecule has 1 saturated heterocycles. The van der Waals surface area contributed by atoms with Crippen LogP contribution in [0.4, 0.5) is 4.79 Å². The van der Waals surface area contributed by atoms with Gasteiger partial charge in [0.2, 0.25) is 0 Å². The maximum absolute atomic E-state index is 11.9. The van der Waals surface area contributed by atoms with Crippen molar-refractivity contribution in [1.29, 1.82) is 0 Å². The molecule has 0 bridgehead atoms. The van der Waals surface area contributed by atoms with Gasteiger partial charge < -0.3 is 14.7 Å². The third-order valence-corrected chi connectivity index (χ3v) is 3.00. The first kappa shape index (κ1) is 14.0. The van der Waals surface area contributed by atoms with Crippen molar-refractivity contribution in [3.8, 4) is 0 Å². The van der Waals surface area contributed by atoms with Crippen molar-refractivity contribution in [2.45, 2.75) is 39.2 Å². The van der Waals surface area contributed by atoms with E-state index in [1.807, 2.05) is 20.8 Å². The molecule has 17 heavy (non-hydrogen) atoms.